The van der Waals surface area contributed by atoms with Crippen LogP contribution in [0.5, 0.6) is 0 Å². The molecule has 3 N–H and O–H groups in total. The molecule has 1 amide bonds. The lowest BCUT2D eigenvalue weighted by atomic mass is 9.97. The first-order valence-corrected chi connectivity index (χ1v) is 7.85. The molecule has 0 radical (unpaired) electrons. The van der Waals surface area contributed by atoms with Crippen LogP contribution in [0.1, 0.15) is 22.8 Å². The van der Waals surface area contributed by atoms with Gasteiger partial charge in [-0.2, -0.15) is 10.4 Å². The largest absolute Gasteiger partial charge is 0.379 e. The summed E-state index contributed by atoms with van der Waals surface area (Å²) in [6.07, 6.45) is 2.19. The smallest absolute Gasteiger partial charge is 0.254 e. The summed E-state index contributed by atoms with van der Waals surface area (Å²) in [7, 11) is 0. The van der Waals surface area contributed by atoms with Gasteiger partial charge in [0, 0.05) is 23.5 Å². The summed E-state index contributed by atoms with van der Waals surface area (Å²) in [5.74, 6) is -0.474. The van der Waals surface area contributed by atoms with Gasteiger partial charge in [-0.3, -0.25) is 9.48 Å². The lowest BCUT2D eigenvalue weighted by molar-refractivity contribution is 0.0342. The summed E-state index contributed by atoms with van der Waals surface area (Å²) in [6.45, 7) is 0.924. The van der Waals surface area contributed by atoms with Gasteiger partial charge in [-0.05, 0) is 30.7 Å². The zero-order valence-electron chi connectivity index (χ0n) is 12.8. The molecule has 1 aromatic carbocycles. The quantitative estimate of drug-likeness (QED) is 0.885. The van der Waals surface area contributed by atoms with E-state index in [0.717, 1.165) is 5.69 Å². The van der Waals surface area contributed by atoms with Gasteiger partial charge in [0.15, 0.2) is 5.82 Å². The fourth-order valence-corrected chi connectivity index (χ4v) is 2.76. The van der Waals surface area contributed by atoms with Crippen LogP contribution >= 0.6 is 11.6 Å². The third-order valence-electron chi connectivity index (χ3n) is 3.94. The van der Waals surface area contributed by atoms with E-state index in [-0.39, 0.29) is 17.5 Å². The number of nitrogens with two attached hydrogens (primary N) is 1. The van der Waals surface area contributed by atoms with E-state index in [1.165, 1.54) is 0 Å². The van der Waals surface area contributed by atoms with Crippen LogP contribution in [0.3, 0.4) is 0 Å². The number of carbonyl (C=O) groups excluding carboxylic acids is 1. The van der Waals surface area contributed by atoms with E-state index in [4.69, 9.17) is 22.1 Å². The van der Waals surface area contributed by atoms with E-state index >= 15 is 0 Å². The fourth-order valence-electron chi connectivity index (χ4n) is 2.64. The van der Waals surface area contributed by atoms with Gasteiger partial charge in [-0.1, -0.05) is 11.6 Å². The van der Waals surface area contributed by atoms with Crippen LogP contribution in [-0.2, 0) is 4.74 Å². The Kier molecular flexibility index (Phi) is 4.69. The molecule has 1 fully saturated rings. The molecule has 124 valence electrons. The number of amides is 1. The third-order valence-corrected chi connectivity index (χ3v) is 4.19. The van der Waals surface area contributed by atoms with Crippen molar-refractivity contribution in [2.75, 3.05) is 18.5 Å². The zero-order chi connectivity index (χ0) is 17.1. The number of hydrogen-bond acceptors (Lipinski definition) is 5. The summed E-state index contributed by atoms with van der Waals surface area (Å²) < 4.78 is 7.04. The van der Waals surface area contributed by atoms with Crippen molar-refractivity contribution in [3.63, 3.8) is 0 Å². The van der Waals surface area contributed by atoms with Crippen molar-refractivity contribution >= 4 is 29.0 Å². The lowest BCUT2D eigenvalue weighted by Gasteiger charge is -2.26. The SMILES string of the molecule is N#CC1CCOC[C@H]1n1cc(C(N)=O)c(Nc2ccc(Cl)cc2)n1. The second kappa shape index (κ2) is 6.91. The third kappa shape index (κ3) is 3.35. The van der Waals surface area contributed by atoms with Gasteiger partial charge in [0.05, 0.1) is 24.6 Å². The monoisotopic (exact) mass is 345 g/mol. The Hall–Kier alpha value is -2.56. The topological polar surface area (TPSA) is 106 Å². The van der Waals surface area contributed by atoms with Gasteiger partial charge < -0.3 is 15.8 Å². The van der Waals surface area contributed by atoms with Crippen LogP contribution in [0.15, 0.2) is 30.5 Å². The number of rotatable bonds is 4. The molecule has 1 aromatic heterocycles. The maximum absolute atomic E-state index is 11.7. The standard InChI is InChI=1S/C16H16ClN5O2/c17-11-1-3-12(4-2-11)20-16-13(15(19)23)8-22(21-16)14-9-24-6-5-10(14)7-18/h1-4,8,10,14H,5-6,9H2,(H2,19,23)(H,20,21)/t10?,14-/m1/s1. The number of ether oxygens (including phenoxy) is 1. The minimum absolute atomic E-state index is 0.220. The first kappa shape index (κ1) is 16.3. The van der Waals surface area contributed by atoms with Crippen molar-refractivity contribution in [1.29, 1.82) is 5.26 Å². The van der Waals surface area contributed by atoms with E-state index in [0.29, 0.717) is 30.5 Å². The van der Waals surface area contributed by atoms with Crippen LogP contribution < -0.4 is 11.1 Å². The van der Waals surface area contributed by atoms with Crippen molar-refractivity contribution in [3.05, 3.63) is 41.0 Å². The Bertz CT molecular complexity index is 781. The molecule has 0 bridgehead atoms. The summed E-state index contributed by atoms with van der Waals surface area (Å²) in [6, 6.07) is 9.03. The number of primary amides is 1. The normalized spacial score (nSPS) is 20.3. The molecule has 2 aromatic rings. The predicted molar refractivity (Wildman–Crippen MR) is 89.1 cm³/mol. The molecule has 24 heavy (non-hydrogen) atoms. The number of anilines is 2. The van der Waals surface area contributed by atoms with Crippen molar-refractivity contribution in [2.24, 2.45) is 11.7 Å². The van der Waals surface area contributed by atoms with Crippen molar-refractivity contribution in [2.45, 2.75) is 12.5 Å². The fraction of sp³-hybridized carbons (Fsp3) is 0.312. The van der Waals surface area contributed by atoms with Crippen molar-refractivity contribution in [1.82, 2.24) is 9.78 Å². The second-order valence-electron chi connectivity index (χ2n) is 5.53. The minimum Gasteiger partial charge on any atom is -0.379 e. The molecular weight excluding hydrogens is 330 g/mol. The molecule has 1 saturated heterocycles. The molecule has 0 aliphatic carbocycles. The lowest BCUT2D eigenvalue weighted by Crippen LogP contribution is -2.29. The molecule has 1 aliphatic rings. The Morgan fingerprint density at radius 1 is 1.46 bits per heavy atom. The highest BCUT2D eigenvalue weighted by atomic mass is 35.5. The molecule has 3 rings (SSSR count). The average molecular weight is 346 g/mol. The van der Waals surface area contributed by atoms with E-state index in [1.54, 1.807) is 35.1 Å². The van der Waals surface area contributed by atoms with Crippen LogP contribution in [0.2, 0.25) is 5.02 Å². The van der Waals surface area contributed by atoms with E-state index in [1.807, 2.05) is 0 Å². The molecular formula is C16H16ClN5O2. The number of benzene rings is 1. The number of carbonyl (C=O) groups is 1. The highest BCUT2D eigenvalue weighted by Crippen LogP contribution is 2.28. The highest BCUT2D eigenvalue weighted by molar-refractivity contribution is 6.30. The number of halogens is 1. The van der Waals surface area contributed by atoms with Crippen molar-refractivity contribution in [3.8, 4) is 6.07 Å². The van der Waals surface area contributed by atoms with Crippen LogP contribution in [0.4, 0.5) is 11.5 Å². The molecule has 2 heterocycles. The Morgan fingerprint density at radius 3 is 2.88 bits per heavy atom. The predicted octanol–water partition coefficient (Wildman–Crippen LogP) is 2.48. The van der Waals surface area contributed by atoms with Crippen molar-refractivity contribution < 1.29 is 9.53 Å². The van der Waals surface area contributed by atoms with Gasteiger partial charge >= 0.3 is 0 Å². The Labute approximate surface area is 144 Å². The first-order valence-electron chi connectivity index (χ1n) is 7.47. The first-order chi connectivity index (χ1) is 11.6. The minimum atomic E-state index is -0.594. The maximum atomic E-state index is 11.7. The maximum Gasteiger partial charge on any atom is 0.254 e. The number of nitrogens with zero attached hydrogens (tertiary/aromatic N) is 3. The molecule has 2 atom stereocenters. The van der Waals surface area contributed by atoms with Gasteiger partial charge in [0.2, 0.25) is 0 Å². The summed E-state index contributed by atoms with van der Waals surface area (Å²) >= 11 is 5.87. The van der Waals surface area contributed by atoms with Crippen LogP contribution in [0, 0.1) is 17.2 Å². The van der Waals surface area contributed by atoms with Crippen LogP contribution in [-0.4, -0.2) is 28.9 Å². The number of hydrogen-bond donors (Lipinski definition) is 2. The van der Waals surface area contributed by atoms with Crippen LogP contribution in [0.25, 0.3) is 0 Å². The summed E-state index contributed by atoms with van der Waals surface area (Å²) in [5.41, 5.74) is 6.44. The van der Waals surface area contributed by atoms with Gasteiger partial charge in [-0.25, -0.2) is 0 Å². The Balaban J connectivity index is 1.91. The van der Waals surface area contributed by atoms with E-state index < -0.39 is 5.91 Å². The molecule has 0 spiro atoms. The second-order valence-corrected chi connectivity index (χ2v) is 5.97. The zero-order valence-corrected chi connectivity index (χ0v) is 13.5. The van der Waals surface area contributed by atoms with E-state index in [2.05, 4.69) is 16.5 Å². The molecule has 8 heteroatoms. The molecule has 7 nitrogen and oxygen atoms in total. The Morgan fingerprint density at radius 2 is 2.21 bits per heavy atom. The average Bonchev–Trinajstić information content (AvgIpc) is 3.01. The number of nitrogens with one attached hydrogen (secondary N) is 1. The highest BCUT2D eigenvalue weighted by Gasteiger charge is 2.29. The molecule has 1 aliphatic heterocycles. The number of aromatic nitrogens is 2. The van der Waals surface area contributed by atoms with E-state index in [9.17, 15) is 10.1 Å². The summed E-state index contributed by atoms with van der Waals surface area (Å²) in [4.78, 5) is 11.7. The van der Waals surface area contributed by atoms with Gasteiger partial charge in [0.25, 0.3) is 5.91 Å². The number of nitriles is 1. The molecule has 0 saturated carbocycles. The van der Waals surface area contributed by atoms with Gasteiger partial charge in [-0.15, -0.1) is 0 Å². The van der Waals surface area contributed by atoms with Gasteiger partial charge in [0.1, 0.15) is 5.56 Å². The summed E-state index contributed by atoms with van der Waals surface area (Å²) in [5, 5.41) is 17.4. The molecule has 1 unspecified atom stereocenters.